The highest BCUT2D eigenvalue weighted by Gasteiger charge is 2.34. The van der Waals surface area contributed by atoms with Crippen LogP contribution in [0.5, 0.6) is 0 Å². The maximum Gasteiger partial charge on any atom is 0.0158 e. The van der Waals surface area contributed by atoms with E-state index < -0.39 is 0 Å². The summed E-state index contributed by atoms with van der Waals surface area (Å²) in [6, 6.07) is 49.3. The number of benzene rings is 5. The minimum Gasteiger partial charge on any atom is -0.0622 e. The highest BCUT2D eigenvalue weighted by Crippen LogP contribution is 2.48. The molecule has 0 saturated heterocycles. The summed E-state index contributed by atoms with van der Waals surface area (Å²) in [6.45, 7) is 15.8. The minimum absolute atomic E-state index is 0.0858. The van der Waals surface area contributed by atoms with Gasteiger partial charge in [-0.25, -0.2) is 0 Å². The summed E-state index contributed by atoms with van der Waals surface area (Å²) in [7, 11) is 0. The summed E-state index contributed by atoms with van der Waals surface area (Å²) in [5.41, 5.74) is 10.4. The molecule has 0 aromatic heterocycles. The van der Waals surface area contributed by atoms with Crippen molar-refractivity contribution in [2.24, 2.45) is 0 Å². The second-order valence-corrected chi connectivity index (χ2v) is 12.7. The van der Waals surface area contributed by atoms with Crippen LogP contribution in [0.25, 0.3) is 11.1 Å². The van der Waals surface area contributed by atoms with E-state index in [1.807, 2.05) is 0 Å². The molecule has 0 amide bonds. The molecule has 40 heavy (non-hydrogen) atoms. The Kier molecular flexibility index (Phi) is 8.79. The second-order valence-electron chi connectivity index (χ2n) is 12.7. The van der Waals surface area contributed by atoms with Gasteiger partial charge in [-0.1, -0.05) is 188 Å². The maximum atomic E-state index is 2.30. The van der Waals surface area contributed by atoms with Gasteiger partial charge in [0.2, 0.25) is 0 Å². The van der Waals surface area contributed by atoms with Gasteiger partial charge >= 0.3 is 0 Å². The van der Waals surface area contributed by atoms with Crippen molar-refractivity contribution in [3.63, 3.8) is 0 Å². The van der Waals surface area contributed by atoms with E-state index in [-0.39, 0.29) is 10.8 Å². The van der Waals surface area contributed by atoms with Gasteiger partial charge in [0.05, 0.1) is 0 Å². The van der Waals surface area contributed by atoms with Crippen molar-refractivity contribution in [1.82, 2.24) is 0 Å². The van der Waals surface area contributed by atoms with E-state index in [1.54, 1.807) is 0 Å². The molecule has 204 valence electrons. The van der Waals surface area contributed by atoms with E-state index in [9.17, 15) is 0 Å². The average molecular weight is 525 g/mol. The van der Waals surface area contributed by atoms with E-state index in [2.05, 4.69) is 188 Å². The second kappa shape index (κ2) is 12.1. The Morgan fingerprint density at radius 3 is 1.00 bits per heavy atom. The Labute approximate surface area is 242 Å². The first kappa shape index (κ1) is 29.1. The normalized spacial score (nSPS) is 13.1. The molecule has 0 N–H and O–H groups in total. The van der Waals surface area contributed by atoms with Crippen LogP contribution in [-0.2, 0) is 16.2 Å². The summed E-state index contributed by atoms with van der Waals surface area (Å²) < 4.78 is 0. The van der Waals surface area contributed by atoms with Gasteiger partial charge in [-0.3, -0.25) is 0 Å². The molecule has 0 atom stereocenters. The molecule has 0 spiro atoms. The molecule has 0 bridgehead atoms. The zero-order valence-electron chi connectivity index (χ0n) is 25.3. The van der Waals surface area contributed by atoms with Crippen LogP contribution in [0.4, 0.5) is 0 Å². The molecular formula is C40H44. The number of hydrogen-bond donors (Lipinski definition) is 0. The summed E-state index contributed by atoms with van der Waals surface area (Å²) in [5, 5.41) is 0. The van der Waals surface area contributed by atoms with Crippen molar-refractivity contribution in [2.45, 2.75) is 64.7 Å². The summed E-state index contributed by atoms with van der Waals surface area (Å²) in [4.78, 5) is 0. The van der Waals surface area contributed by atoms with Gasteiger partial charge in [0.15, 0.2) is 0 Å². The fourth-order valence-electron chi connectivity index (χ4n) is 5.49. The molecule has 0 radical (unpaired) electrons. The molecule has 0 unspecified atom stereocenters. The fourth-order valence-corrected chi connectivity index (χ4v) is 5.49. The van der Waals surface area contributed by atoms with Crippen molar-refractivity contribution < 1.29 is 0 Å². The largest absolute Gasteiger partial charge is 0.0622 e. The quantitative estimate of drug-likeness (QED) is 0.215. The highest BCUT2D eigenvalue weighted by molar-refractivity contribution is 5.80. The van der Waals surface area contributed by atoms with Crippen molar-refractivity contribution >= 4 is 0 Å². The lowest BCUT2D eigenvalue weighted by molar-refractivity contribution is 0.590. The van der Waals surface area contributed by atoms with Gasteiger partial charge in [-0.15, -0.1) is 0 Å². The summed E-state index contributed by atoms with van der Waals surface area (Å²) in [5.74, 6) is 0. The first-order valence-electron chi connectivity index (χ1n) is 14.4. The standard InChI is InChI=1S/C15H14.C15H16.C10H14/c1-15(2)13-9-5-3-7-11(13)12-8-4-6-10-14(12)15;1-15(2,13-9-5-3-6-10-13)14-11-7-4-8-12-14;1-10(2,3)9-7-5-4-6-8-9/h3-10H,1-2H3;3-12H,1-2H3;4-8H,1-3H3. The third-order valence-corrected chi connectivity index (χ3v) is 8.12. The molecule has 6 rings (SSSR count). The molecule has 5 aromatic carbocycles. The topological polar surface area (TPSA) is 0 Å². The Balaban J connectivity index is 0.000000142. The van der Waals surface area contributed by atoms with Crippen LogP contribution in [-0.4, -0.2) is 0 Å². The van der Waals surface area contributed by atoms with Crippen LogP contribution >= 0.6 is 0 Å². The Hall–Kier alpha value is -3.90. The van der Waals surface area contributed by atoms with Crippen LogP contribution in [0.1, 0.15) is 76.3 Å². The zero-order chi connectivity index (χ0) is 28.8. The molecule has 0 aliphatic heterocycles. The van der Waals surface area contributed by atoms with E-state index >= 15 is 0 Å². The smallest absolute Gasteiger partial charge is 0.0158 e. The lowest BCUT2D eigenvalue weighted by atomic mass is 9.78. The van der Waals surface area contributed by atoms with E-state index in [0.717, 1.165) is 0 Å². The highest BCUT2D eigenvalue weighted by atomic mass is 14.4. The molecule has 0 heteroatoms. The van der Waals surface area contributed by atoms with E-state index in [0.29, 0.717) is 5.41 Å². The van der Waals surface area contributed by atoms with Crippen molar-refractivity contribution in [3.05, 3.63) is 167 Å². The maximum absolute atomic E-state index is 2.30. The van der Waals surface area contributed by atoms with Crippen molar-refractivity contribution in [2.75, 3.05) is 0 Å². The molecule has 1 aliphatic rings. The molecule has 5 aromatic rings. The zero-order valence-corrected chi connectivity index (χ0v) is 25.3. The SMILES string of the molecule is CC(C)(C)c1ccccc1.CC(C)(c1ccccc1)c1ccccc1.CC1(C)c2ccccc2-c2ccccc21. The van der Waals surface area contributed by atoms with E-state index in [1.165, 1.54) is 38.9 Å². The summed E-state index contributed by atoms with van der Waals surface area (Å²) >= 11 is 0. The Morgan fingerprint density at radius 1 is 0.375 bits per heavy atom. The van der Waals surface area contributed by atoms with Gasteiger partial charge in [0, 0.05) is 10.8 Å². The summed E-state index contributed by atoms with van der Waals surface area (Å²) in [6.07, 6.45) is 0. The first-order valence-corrected chi connectivity index (χ1v) is 14.4. The predicted molar refractivity (Wildman–Crippen MR) is 174 cm³/mol. The van der Waals surface area contributed by atoms with Crippen molar-refractivity contribution in [3.8, 4) is 11.1 Å². The Morgan fingerprint density at radius 2 is 0.675 bits per heavy atom. The van der Waals surface area contributed by atoms with Gasteiger partial charge in [0.1, 0.15) is 0 Å². The van der Waals surface area contributed by atoms with Crippen LogP contribution in [0.2, 0.25) is 0 Å². The van der Waals surface area contributed by atoms with Gasteiger partial charge in [-0.2, -0.15) is 0 Å². The molecule has 0 heterocycles. The monoisotopic (exact) mass is 524 g/mol. The predicted octanol–water partition coefficient (Wildman–Crippen LogP) is 11.0. The molecule has 0 saturated carbocycles. The van der Waals surface area contributed by atoms with Crippen LogP contribution < -0.4 is 0 Å². The van der Waals surface area contributed by atoms with Gasteiger partial charge < -0.3 is 0 Å². The molecule has 0 fully saturated rings. The Bertz CT molecular complexity index is 1390. The van der Waals surface area contributed by atoms with Crippen LogP contribution in [0.3, 0.4) is 0 Å². The lowest BCUT2D eigenvalue weighted by Gasteiger charge is -2.25. The third-order valence-electron chi connectivity index (χ3n) is 8.12. The van der Waals surface area contributed by atoms with Crippen molar-refractivity contribution in [1.29, 1.82) is 0 Å². The minimum atomic E-state index is 0.0858. The first-order chi connectivity index (χ1) is 19.0. The molecular weight excluding hydrogens is 480 g/mol. The molecule has 0 nitrogen and oxygen atoms in total. The van der Waals surface area contributed by atoms with Crippen LogP contribution in [0.15, 0.2) is 140 Å². The van der Waals surface area contributed by atoms with Crippen LogP contribution in [0, 0.1) is 0 Å². The number of hydrogen-bond acceptors (Lipinski definition) is 0. The number of rotatable bonds is 2. The number of fused-ring (bicyclic) bond motifs is 3. The lowest BCUT2D eigenvalue weighted by Crippen LogP contribution is -2.18. The van der Waals surface area contributed by atoms with Gasteiger partial charge in [-0.05, 0) is 44.4 Å². The third kappa shape index (κ3) is 6.45. The fraction of sp³-hybridized carbons (Fsp3) is 0.250. The van der Waals surface area contributed by atoms with E-state index in [4.69, 9.17) is 0 Å². The van der Waals surface area contributed by atoms with Gasteiger partial charge in [0.25, 0.3) is 0 Å². The molecule has 1 aliphatic carbocycles. The average Bonchev–Trinajstić information content (AvgIpc) is 3.22.